The highest BCUT2D eigenvalue weighted by molar-refractivity contribution is 7.89. The Labute approximate surface area is 151 Å². The molecule has 2 rings (SSSR count). The molecule has 2 aromatic rings. The minimum absolute atomic E-state index is 0.0253. The van der Waals surface area contributed by atoms with E-state index < -0.39 is 22.0 Å². The van der Waals surface area contributed by atoms with Crippen LogP contribution in [-0.4, -0.2) is 31.5 Å². The fourth-order valence-electron chi connectivity index (χ4n) is 2.38. The summed E-state index contributed by atoms with van der Waals surface area (Å²) in [5.74, 6) is -1.36. The summed E-state index contributed by atoms with van der Waals surface area (Å²) in [6.45, 7) is 1.65. The van der Waals surface area contributed by atoms with Crippen LogP contribution in [0.1, 0.15) is 11.1 Å². The van der Waals surface area contributed by atoms with Gasteiger partial charge in [0.15, 0.2) is 5.96 Å². The Bertz CT molecular complexity index is 920. The average Bonchev–Trinajstić information content (AvgIpc) is 2.55. The van der Waals surface area contributed by atoms with Gasteiger partial charge in [0.05, 0.1) is 10.6 Å². The molecule has 26 heavy (non-hydrogen) atoms. The van der Waals surface area contributed by atoms with Gasteiger partial charge in [-0.3, -0.25) is 4.79 Å². The fourth-order valence-corrected chi connectivity index (χ4v) is 3.81. The lowest BCUT2D eigenvalue weighted by molar-refractivity contribution is -0.138. The van der Waals surface area contributed by atoms with Gasteiger partial charge in [-0.15, -0.1) is 0 Å². The van der Waals surface area contributed by atoms with Crippen molar-refractivity contribution in [2.24, 2.45) is 16.5 Å². The van der Waals surface area contributed by atoms with Crippen LogP contribution in [0.15, 0.2) is 58.4 Å². The zero-order valence-corrected chi connectivity index (χ0v) is 14.9. The number of aliphatic carboxylic acids is 1. The van der Waals surface area contributed by atoms with Crippen LogP contribution in [0.4, 0.5) is 5.69 Å². The lowest BCUT2D eigenvalue weighted by Gasteiger charge is -2.16. The van der Waals surface area contributed by atoms with Crippen molar-refractivity contribution < 1.29 is 18.3 Å². The van der Waals surface area contributed by atoms with E-state index in [-0.39, 0.29) is 17.3 Å². The maximum atomic E-state index is 12.5. The van der Waals surface area contributed by atoms with Crippen LogP contribution < -0.4 is 16.2 Å². The van der Waals surface area contributed by atoms with E-state index in [0.29, 0.717) is 16.8 Å². The molecule has 0 spiro atoms. The predicted molar refractivity (Wildman–Crippen MR) is 98.5 cm³/mol. The normalized spacial score (nSPS) is 12.3. The van der Waals surface area contributed by atoms with Crippen molar-refractivity contribution in [1.29, 1.82) is 0 Å². The van der Waals surface area contributed by atoms with Crippen LogP contribution in [0, 0.1) is 6.92 Å². The number of nitrogens with two attached hydrogens (primary N) is 2. The van der Waals surface area contributed by atoms with Gasteiger partial charge in [0, 0.05) is 0 Å². The molecule has 0 unspecified atom stereocenters. The molecule has 0 fully saturated rings. The molecule has 0 heterocycles. The monoisotopic (exact) mass is 376 g/mol. The van der Waals surface area contributed by atoms with Gasteiger partial charge in [-0.2, -0.15) is 4.72 Å². The first-order valence-corrected chi connectivity index (χ1v) is 9.16. The van der Waals surface area contributed by atoms with Crippen LogP contribution in [0.5, 0.6) is 0 Å². The first-order valence-electron chi connectivity index (χ1n) is 7.68. The number of carboxylic acids is 1. The highest BCUT2D eigenvalue weighted by atomic mass is 32.2. The van der Waals surface area contributed by atoms with Gasteiger partial charge in [-0.25, -0.2) is 13.4 Å². The predicted octanol–water partition coefficient (Wildman–Crippen LogP) is 0.874. The maximum absolute atomic E-state index is 12.5. The Morgan fingerprint density at radius 3 is 2.31 bits per heavy atom. The number of carbonyl (C=O) groups is 1. The summed E-state index contributed by atoms with van der Waals surface area (Å²) in [4.78, 5) is 15.4. The number of benzene rings is 2. The molecule has 0 aromatic heterocycles. The first-order chi connectivity index (χ1) is 12.2. The van der Waals surface area contributed by atoms with E-state index in [1.807, 2.05) is 0 Å². The van der Waals surface area contributed by atoms with E-state index >= 15 is 0 Å². The van der Waals surface area contributed by atoms with Crippen molar-refractivity contribution in [3.8, 4) is 0 Å². The minimum Gasteiger partial charge on any atom is -0.480 e. The van der Waals surface area contributed by atoms with Crippen molar-refractivity contribution in [2.45, 2.75) is 24.3 Å². The number of rotatable bonds is 7. The van der Waals surface area contributed by atoms with Crippen LogP contribution in [-0.2, 0) is 21.2 Å². The highest BCUT2D eigenvalue weighted by Crippen LogP contribution is 2.17. The standard InChI is InChI=1S/C17H20N4O4S/c1-11-4-2-3-5-15(11)26(24,25)21-14(16(22)23)10-12-6-8-13(9-7-12)20-17(18)19/h2-9,14,21H,10H2,1H3,(H,22,23)(H4,18,19,20)/t14-/m0/s1. The summed E-state index contributed by atoms with van der Waals surface area (Å²) in [6, 6.07) is 11.6. The number of sulfonamides is 1. The lowest BCUT2D eigenvalue weighted by atomic mass is 10.1. The van der Waals surface area contributed by atoms with E-state index in [4.69, 9.17) is 11.5 Å². The zero-order chi connectivity index (χ0) is 19.3. The Morgan fingerprint density at radius 1 is 1.15 bits per heavy atom. The molecule has 0 aliphatic rings. The first kappa shape index (κ1) is 19.4. The number of hydrogen-bond donors (Lipinski definition) is 4. The Kier molecular flexibility index (Phi) is 5.96. The number of carboxylic acid groups (broad SMARTS) is 1. The summed E-state index contributed by atoms with van der Waals surface area (Å²) in [5, 5.41) is 9.41. The summed E-state index contributed by atoms with van der Waals surface area (Å²) >= 11 is 0. The van der Waals surface area contributed by atoms with Crippen molar-refractivity contribution in [3.63, 3.8) is 0 Å². The highest BCUT2D eigenvalue weighted by Gasteiger charge is 2.26. The third-order valence-corrected chi connectivity index (χ3v) is 5.24. The molecule has 8 nitrogen and oxygen atoms in total. The van der Waals surface area contributed by atoms with Crippen LogP contribution in [0.2, 0.25) is 0 Å². The van der Waals surface area contributed by atoms with E-state index in [1.54, 1.807) is 49.4 Å². The third-order valence-electron chi connectivity index (χ3n) is 3.61. The molecule has 138 valence electrons. The molecule has 6 N–H and O–H groups in total. The van der Waals surface area contributed by atoms with E-state index in [2.05, 4.69) is 9.71 Å². The quantitative estimate of drug-likeness (QED) is 0.416. The maximum Gasteiger partial charge on any atom is 0.322 e. The fraction of sp³-hybridized carbons (Fsp3) is 0.176. The second-order valence-corrected chi connectivity index (χ2v) is 7.37. The Morgan fingerprint density at radius 2 is 1.77 bits per heavy atom. The largest absolute Gasteiger partial charge is 0.480 e. The summed E-state index contributed by atoms with van der Waals surface area (Å²) in [5.41, 5.74) is 12.3. The van der Waals surface area contributed by atoms with Gasteiger partial charge in [0.1, 0.15) is 6.04 Å². The van der Waals surface area contributed by atoms with Gasteiger partial charge in [0.25, 0.3) is 0 Å². The molecule has 0 bridgehead atoms. The minimum atomic E-state index is -3.97. The van der Waals surface area contributed by atoms with Crippen molar-refractivity contribution in [2.75, 3.05) is 0 Å². The number of nitrogens with zero attached hydrogens (tertiary/aromatic N) is 1. The molecule has 2 aromatic carbocycles. The van der Waals surface area contributed by atoms with Gasteiger partial charge >= 0.3 is 5.97 Å². The summed E-state index contributed by atoms with van der Waals surface area (Å²) in [7, 11) is -3.97. The molecular weight excluding hydrogens is 356 g/mol. The molecule has 0 aliphatic heterocycles. The molecule has 0 saturated carbocycles. The SMILES string of the molecule is Cc1ccccc1S(=O)(=O)N[C@@H](Cc1ccc(N=C(N)N)cc1)C(=O)O. The lowest BCUT2D eigenvalue weighted by Crippen LogP contribution is -2.42. The topological polar surface area (TPSA) is 148 Å². The number of guanidine groups is 1. The van der Waals surface area contributed by atoms with Crippen molar-refractivity contribution in [1.82, 2.24) is 4.72 Å². The third kappa shape index (κ3) is 5.04. The van der Waals surface area contributed by atoms with Crippen LogP contribution >= 0.6 is 0 Å². The Hall–Kier alpha value is -2.91. The number of nitrogens with one attached hydrogen (secondary N) is 1. The van der Waals surface area contributed by atoms with Gasteiger partial charge in [-0.1, -0.05) is 30.3 Å². The van der Waals surface area contributed by atoms with E-state index in [9.17, 15) is 18.3 Å². The summed E-state index contributed by atoms with van der Waals surface area (Å²) in [6.07, 6.45) is -0.0253. The molecule has 0 saturated heterocycles. The molecule has 0 aliphatic carbocycles. The van der Waals surface area contributed by atoms with E-state index in [1.165, 1.54) is 6.07 Å². The summed E-state index contributed by atoms with van der Waals surface area (Å²) < 4.78 is 27.3. The Balaban J connectivity index is 2.21. The smallest absolute Gasteiger partial charge is 0.322 e. The molecular formula is C17H20N4O4S. The van der Waals surface area contributed by atoms with Gasteiger partial charge < -0.3 is 16.6 Å². The second kappa shape index (κ2) is 7.98. The van der Waals surface area contributed by atoms with Crippen LogP contribution in [0.25, 0.3) is 0 Å². The molecule has 9 heteroatoms. The van der Waals surface area contributed by atoms with Crippen LogP contribution in [0.3, 0.4) is 0 Å². The van der Waals surface area contributed by atoms with Gasteiger partial charge in [-0.05, 0) is 42.7 Å². The van der Waals surface area contributed by atoms with Gasteiger partial charge in [0.2, 0.25) is 10.0 Å². The number of aryl methyl sites for hydroxylation is 1. The van der Waals surface area contributed by atoms with Crippen molar-refractivity contribution in [3.05, 3.63) is 59.7 Å². The van der Waals surface area contributed by atoms with Crippen molar-refractivity contribution >= 4 is 27.6 Å². The molecule has 0 amide bonds. The molecule has 0 radical (unpaired) electrons. The average molecular weight is 376 g/mol. The van der Waals surface area contributed by atoms with E-state index in [0.717, 1.165) is 0 Å². The second-order valence-electron chi connectivity index (χ2n) is 5.68. The molecule has 1 atom stereocenters. The zero-order valence-electron chi connectivity index (χ0n) is 14.1. The number of aliphatic imine (C=N–C) groups is 1. The number of hydrogen-bond acceptors (Lipinski definition) is 4.